The molecule has 0 aromatic heterocycles. The summed E-state index contributed by atoms with van der Waals surface area (Å²) >= 11 is 0. The molecular formula is C16H23N3O6. The molecule has 9 heteroatoms. The predicted octanol–water partition coefficient (Wildman–Crippen LogP) is 2.79. The van der Waals surface area contributed by atoms with Gasteiger partial charge >= 0.3 is 6.09 Å². The molecule has 1 amide bonds. The highest BCUT2D eigenvalue weighted by atomic mass is 16.6. The van der Waals surface area contributed by atoms with Gasteiger partial charge in [0.2, 0.25) is 13.1 Å². The summed E-state index contributed by atoms with van der Waals surface area (Å²) in [5, 5.41) is 23.5. The van der Waals surface area contributed by atoms with Crippen LogP contribution in [-0.4, -0.2) is 35.1 Å². The van der Waals surface area contributed by atoms with E-state index in [1.54, 1.807) is 0 Å². The Morgan fingerprint density at radius 2 is 1.72 bits per heavy atom. The van der Waals surface area contributed by atoms with Crippen LogP contribution in [0.4, 0.5) is 4.79 Å². The van der Waals surface area contributed by atoms with E-state index in [1.807, 2.05) is 30.3 Å². The average molecular weight is 353 g/mol. The van der Waals surface area contributed by atoms with Crippen molar-refractivity contribution in [2.45, 2.75) is 44.8 Å². The third kappa shape index (κ3) is 10.6. The van der Waals surface area contributed by atoms with Gasteiger partial charge in [0.1, 0.15) is 6.61 Å². The Morgan fingerprint density at radius 3 is 2.36 bits per heavy atom. The zero-order chi connectivity index (χ0) is 18.5. The van der Waals surface area contributed by atoms with Gasteiger partial charge in [0.05, 0.1) is 6.04 Å². The van der Waals surface area contributed by atoms with Crippen LogP contribution in [0.2, 0.25) is 0 Å². The maximum absolute atomic E-state index is 11.8. The number of hydrogen-bond acceptors (Lipinski definition) is 6. The van der Waals surface area contributed by atoms with E-state index in [2.05, 4.69) is 5.32 Å². The molecule has 1 aromatic rings. The minimum absolute atomic E-state index is 0.0671. The van der Waals surface area contributed by atoms with Gasteiger partial charge in [-0.1, -0.05) is 43.2 Å². The van der Waals surface area contributed by atoms with Gasteiger partial charge in [0.15, 0.2) is 0 Å². The molecule has 0 saturated heterocycles. The number of nitrogens with zero attached hydrogens (tertiary/aromatic N) is 2. The number of rotatable bonds is 12. The molecule has 0 fully saturated rings. The molecule has 1 unspecified atom stereocenters. The Kier molecular flexibility index (Phi) is 9.57. The van der Waals surface area contributed by atoms with Crippen LogP contribution in [-0.2, 0) is 11.3 Å². The van der Waals surface area contributed by atoms with Crippen molar-refractivity contribution in [3.8, 4) is 0 Å². The number of carbonyl (C=O) groups excluding carboxylic acids is 1. The van der Waals surface area contributed by atoms with Gasteiger partial charge in [-0.3, -0.25) is 20.2 Å². The SMILES string of the molecule is O=C(NC(CCCCCC[N+](=O)[O-])C[N+](=O)[O-])OCc1ccccc1. The monoisotopic (exact) mass is 353 g/mol. The highest BCUT2D eigenvalue weighted by Crippen LogP contribution is 2.07. The van der Waals surface area contributed by atoms with Crippen LogP contribution >= 0.6 is 0 Å². The Balaban J connectivity index is 2.29. The number of amides is 1. The van der Waals surface area contributed by atoms with Gasteiger partial charge in [-0.25, -0.2) is 4.79 Å². The predicted molar refractivity (Wildman–Crippen MR) is 90.4 cm³/mol. The van der Waals surface area contributed by atoms with Gasteiger partial charge in [-0.15, -0.1) is 0 Å². The molecular weight excluding hydrogens is 330 g/mol. The summed E-state index contributed by atoms with van der Waals surface area (Å²) in [5.41, 5.74) is 0.828. The second kappa shape index (κ2) is 11.8. The molecule has 1 atom stereocenters. The number of ether oxygens (including phenoxy) is 1. The quantitative estimate of drug-likeness (QED) is 0.350. The Morgan fingerprint density at radius 1 is 1.04 bits per heavy atom. The fourth-order valence-electron chi connectivity index (χ4n) is 2.31. The standard InChI is InChI=1S/C16H23N3O6/c20-16(25-13-14-8-4-3-5-9-14)17-15(12-19(23)24)10-6-1-2-7-11-18(21)22/h3-5,8-9,15H,1-2,6-7,10-13H2,(H,17,20). The molecule has 1 aromatic carbocycles. The van der Waals surface area contributed by atoms with E-state index in [1.165, 1.54) is 0 Å². The summed E-state index contributed by atoms with van der Waals surface area (Å²) in [6.45, 7) is -0.351. The van der Waals surface area contributed by atoms with E-state index in [9.17, 15) is 25.0 Å². The van der Waals surface area contributed by atoms with E-state index < -0.39 is 17.1 Å². The normalized spacial score (nSPS) is 11.5. The van der Waals surface area contributed by atoms with Crippen molar-refractivity contribution in [1.82, 2.24) is 5.32 Å². The number of nitro groups is 2. The second-order valence-corrected chi connectivity index (χ2v) is 5.68. The molecule has 0 aliphatic carbocycles. The van der Waals surface area contributed by atoms with Crippen LogP contribution in [0.5, 0.6) is 0 Å². The summed E-state index contributed by atoms with van der Waals surface area (Å²) in [6, 6.07) is 8.51. The zero-order valence-corrected chi connectivity index (χ0v) is 14.0. The number of benzene rings is 1. The van der Waals surface area contributed by atoms with Crippen LogP contribution in [0.15, 0.2) is 30.3 Å². The molecule has 9 nitrogen and oxygen atoms in total. The number of alkyl carbamates (subject to hydrolysis) is 1. The first-order chi connectivity index (χ1) is 12.0. The molecule has 0 heterocycles. The van der Waals surface area contributed by atoms with Gasteiger partial charge in [0, 0.05) is 16.3 Å². The van der Waals surface area contributed by atoms with Gasteiger partial charge in [-0.05, 0) is 18.4 Å². The van der Waals surface area contributed by atoms with Gasteiger partial charge in [-0.2, -0.15) is 0 Å². The molecule has 0 radical (unpaired) electrons. The molecule has 0 bridgehead atoms. The smallest absolute Gasteiger partial charge is 0.407 e. The van der Waals surface area contributed by atoms with Crippen molar-refractivity contribution in [3.05, 3.63) is 56.1 Å². The molecule has 0 spiro atoms. The van der Waals surface area contributed by atoms with Crippen LogP contribution in [0.1, 0.15) is 37.7 Å². The molecule has 25 heavy (non-hydrogen) atoms. The lowest BCUT2D eigenvalue weighted by Crippen LogP contribution is -2.40. The lowest BCUT2D eigenvalue weighted by Gasteiger charge is -2.15. The number of carbonyl (C=O) groups is 1. The Bertz CT molecular complexity index is 552. The first kappa shape index (κ1) is 20.3. The van der Waals surface area contributed by atoms with Crippen LogP contribution in [0, 0.1) is 20.2 Å². The topological polar surface area (TPSA) is 125 Å². The number of hydrogen-bond donors (Lipinski definition) is 1. The van der Waals surface area contributed by atoms with Crippen LogP contribution < -0.4 is 5.32 Å². The van der Waals surface area contributed by atoms with E-state index >= 15 is 0 Å². The van der Waals surface area contributed by atoms with Gasteiger partial charge in [0.25, 0.3) is 0 Å². The van der Waals surface area contributed by atoms with Crippen molar-refractivity contribution in [3.63, 3.8) is 0 Å². The van der Waals surface area contributed by atoms with E-state index in [-0.39, 0.29) is 24.6 Å². The Labute approximate surface area is 145 Å². The zero-order valence-electron chi connectivity index (χ0n) is 14.0. The van der Waals surface area contributed by atoms with Gasteiger partial charge < -0.3 is 10.1 Å². The number of nitrogens with one attached hydrogen (secondary N) is 1. The first-order valence-electron chi connectivity index (χ1n) is 8.18. The lowest BCUT2D eigenvalue weighted by molar-refractivity contribution is -0.483. The second-order valence-electron chi connectivity index (χ2n) is 5.68. The summed E-state index contributed by atoms with van der Waals surface area (Å²) in [6.07, 6.45) is 2.28. The molecule has 1 N–H and O–H groups in total. The van der Waals surface area contributed by atoms with Crippen molar-refractivity contribution in [2.24, 2.45) is 0 Å². The molecule has 0 aliphatic heterocycles. The Hall–Kier alpha value is -2.71. The number of unbranched alkanes of at least 4 members (excludes halogenated alkanes) is 3. The van der Waals surface area contributed by atoms with Crippen molar-refractivity contribution in [1.29, 1.82) is 0 Å². The summed E-state index contributed by atoms with van der Waals surface area (Å²) in [7, 11) is 0. The average Bonchev–Trinajstić information content (AvgIpc) is 2.56. The highest BCUT2D eigenvalue weighted by Gasteiger charge is 2.18. The largest absolute Gasteiger partial charge is 0.445 e. The fourth-order valence-corrected chi connectivity index (χ4v) is 2.31. The molecule has 0 saturated carbocycles. The summed E-state index contributed by atoms with van der Waals surface area (Å²) < 4.78 is 5.06. The van der Waals surface area contributed by atoms with E-state index in [0.29, 0.717) is 25.7 Å². The molecule has 0 aliphatic rings. The lowest BCUT2D eigenvalue weighted by atomic mass is 10.1. The minimum Gasteiger partial charge on any atom is -0.445 e. The third-order valence-electron chi connectivity index (χ3n) is 3.55. The summed E-state index contributed by atoms with van der Waals surface area (Å²) in [4.78, 5) is 31.9. The van der Waals surface area contributed by atoms with Crippen LogP contribution in [0.3, 0.4) is 0 Å². The van der Waals surface area contributed by atoms with Crippen molar-refractivity contribution in [2.75, 3.05) is 13.1 Å². The first-order valence-corrected chi connectivity index (χ1v) is 8.18. The molecule has 138 valence electrons. The van der Waals surface area contributed by atoms with E-state index in [0.717, 1.165) is 12.0 Å². The van der Waals surface area contributed by atoms with E-state index in [4.69, 9.17) is 4.74 Å². The molecule has 1 rings (SSSR count). The third-order valence-corrected chi connectivity index (χ3v) is 3.55. The minimum atomic E-state index is -0.691. The van der Waals surface area contributed by atoms with Crippen LogP contribution in [0.25, 0.3) is 0 Å². The highest BCUT2D eigenvalue weighted by molar-refractivity contribution is 5.67. The summed E-state index contributed by atoms with van der Waals surface area (Å²) in [5.74, 6) is 0. The van der Waals surface area contributed by atoms with Crippen molar-refractivity contribution >= 4 is 6.09 Å². The maximum atomic E-state index is 11.8. The van der Waals surface area contributed by atoms with Crippen molar-refractivity contribution < 1.29 is 19.4 Å². The maximum Gasteiger partial charge on any atom is 0.407 e. The fraction of sp³-hybridized carbons (Fsp3) is 0.562.